The van der Waals surface area contributed by atoms with Gasteiger partial charge < -0.3 is 19.9 Å². The Bertz CT molecular complexity index is 1230. The predicted octanol–water partition coefficient (Wildman–Crippen LogP) is 4.20. The van der Waals surface area contributed by atoms with E-state index in [9.17, 15) is 15.2 Å². The number of fused-ring (bicyclic) bond motifs is 2. The quantitative estimate of drug-likeness (QED) is 0.618. The average Bonchev–Trinajstić information content (AvgIpc) is 3.30. The van der Waals surface area contributed by atoms with E-state index in [1.54, 1.807) is 12.1 Å². The van der Waals surface area contributed by atoms with E-state index in [-0.39, 0.29) is 18.6 Å². The summed E-state index contributed by atoms with van der Waals surface area (Å²) in [6.45, 7) is 0.748. The molecule has 1 aliphatic carbocycles. The Morgan fingerprint density at radius 2 is 1.91 bits per heavy atom. The summed E-state index contributed by atoms with van der Waals surface area (Å²) in [5.41, 5.74) is 2.32. The van der Waals surface area contributed by atoms with Gasteiger partial charge in [-0.2, -0.15) is 5.26 Å². The molecule has 0 saturated heterocycles. The number of hydrogen-bond donors (Lipinski definition) is 2. The zero-order valence-electron chi connectivity index (χ0n) is 17.4. The fourth-order valence-corrected chi connectivity index (χ4v) is 4.37. The van der Waals surface area contributed by atoms with Crippen molar-refractivity contribution in [1.82, 2.24) is 9.97 Å². The number of carbonyl (C=O) groups is 1. The number of nitriles is 1. The normalized spacial score (nSPS) is 19.5. The lowest BCUT2D eigenvalue weighted by molar-refractivity contribution is -0.142. The lowest BCUT2D eigenvalue weighted by Gasteiger charge is -2.25. The zero-order chi connectivity index (χ0) is 22.1. The molecular weight excluding hydrogens is 408 g/mol. The van der Waals surface area contributed by atoms with Gasteiger partial charge >= 0.3 is 5.97 Å². The van der Waals surface area contributed by atoms with Crippen LogP contribution in [-0.4, -0.2) is 27.8 Å². The Morgan fingerprint density at radius 1 is 1.09 bits per heavy atom. The molecule has 0 radical (unpaired) electrons. The number of hydrogen-bond acceptors (Lipinski definition) is 7. The Kier molecular flexibility index (Phi) is 5.23. The van der Waals surface area contributed by atoms with Crippen LogP contribution < -0.4 is 14.8 Å². The summed E-state index contributed by atoms with van der Waals surface area (Å²) in [6.07, 6.45) is 2.77. The van der Waals surface area contributed by atoms with Crippen LogP contribution in [0.25, 0.3) is 10.9 Å². The molecule has 1 fully saturated rings. The minimum Gasteiger partial charge on any atom is -0.481 e. The van der Waals surface area contributed by atoms with Crippen LogP contribution in [-0.2, 0) is 11.3 Å². The maximum absolute atomic E-state index is 11.3. The van der Waals surface area contributed by atoms with Gasteiger partial charge in [0.2, 0.25) is 6.79 Å². The van der Waals surface area contributed by atoms with Crippen molar-refractivity contribution in [3.8, 4) is 17.6 Å². The number of nitrogens with zero attached hydrogens (tertiary/aromatic N) is 3. The van der Waals surface area contributed by atoms with Gasteiger partial charge in [-0.3, -0.25) is 4.79 Å². The Hall–Kier alpha value is -3.86. The average molecular weight is 430 g/mol. The second kappa shape index (κ2) is 8.35. The fourth-order valence-electron chi connectivity index (χ4n) is 4.37. The van der Waals surface area contributed by atoms with Crippen molar-refractivity contribution in [2.24, 2.45) is 5.92 Å². The highest BCUT2D eigenvalue weighted by atomic mass is 16.7. The van der Waals surface area contributed by atoms with E-state index in [4.69, 9.17) is 19.4 Å². The molecular formula is C24H22N4O4. The predicted molar refractivity (Wildman–Crippen MR) is 116 cm³/mol. The molecule has 1 aliphatic heterocycles. The molecule has 2 N–H and O–H groups in total. The molecule has 0 atom stereocenters. The highest BCUT2D eigenvalue weighted by Gasteiger charge is 2.28. The molecule has 162 valence electrons. The monoisotopic (exact) mass is 430 g/mol. The molecule has 2 aromatic carbocycles. The van der Waals surface area contributed by atoms with E-state index >= 15 is 0 Å². The molecule has 2 heterocycles. The number of nitrogens with one attached hydrogen (secondary N) is 1. The number of ether oxygens (including phenoxy) is 2. The molecule has 1 aromatic heterocycles. The van der Waals surface area contributed by atoms with Crippen molar-refractivity contribution in [2.75, 3.05) is 12.1 Å². The van der Waals surface area contributed by atoms with Crippen LogP contribution in [0.2, 0.25) is 0 Å². The smallest absolute Gasteiger partial charge is 0.306 e. The Morgan fingerprint density at radius 3 is 2.69 bits per heavy atom. The van der Waals surface area contributed by atoms with Crippen molar-refractivity contribution in [3.05, 3.63) is 53.3 Å². The minimum atomic E-state index is -0.724. The maximum atomic E-state index is 11.3. The SMILES string of the molecule is N#Cc1ccc2nc([C@H]3CC[C@H](C(=O)O)CC3)nc(NCc3ccc4c(c3)OCO4)c2c1. The topological polar surface area (TPSA) is 117 Å². The lowest BCUT2D eigenvalue weighted by Crippen LogP contribution is -2.21. The molecule has 0 bridgehead atoms. The van der Waals surface area contributed by atoms with Gasteiger partial charge in [0.25, 0.3) is 0 Å². The third kappa shape index (κ3) is 3.89. The van der Waals surface area contributed by atoms with Crippen molar-refractivity contribution < 1.29 is 19.4 Å². The summed E-state index contributed by atoms with van der Waals surface area (Å²) in [7, 11) is 0. The summed E-state index contributed by atoms with van der Waals surface area (Å²) < 4.78 is 10.8. The fraction of sp³-hybridized carbons (Fsp3) is 0.333. The van der Waals surface area contributed by atoms with Crippen molar-refractivity contribution >= 4 is 22.7 Å². The molecule has 2 aliphatic rings. The standard InChI is InChI=1S/C24H22N4O4/c25-11-14-1-7-19-18(9-14)23(26-12-15-2-8-20-21(10-15)32-13-31-20)28-22(27-19)16-3-5-17(6-4-16)24(29)30/h1-2,7-10,16-17H,3-6,12-13H2,(H,29,30)(H,26,27,28)/t16-,17-. The van der Waals surface area contributed by atoms with Gasteiger partial charge in [0, 0.05) is 17.8 Å². The summed E-state index contributed by atoms with van der Waals surface area (Å²) in [5, 5.41) is 22.8. The number of carboxylic acid groups (broad SMARTS) is 1. The van der Waals surface area contributed by atoms with Gasteiger partial charge in [-0.25, -0.2) is 9.97 Å². The van der Waals surface area contributed by atoms with Gasteiger partial charge in [-0.1, -0.05) is 6.07 Å². The minimum absolute atomic E-state index is 0.122. The summed E-state index contributed by atoms with van der Waals surface area (Å²) >= 11 is 0. The molecule has 8 nitrogen and oxygen atoms in total. The molecule has 8 heteroatoms. The van der Waals surface area contributed by atoms with Gasteiger partial charge in [-0.05, 0) is 61.6 Å². The van der Waals surface area contributed by atoms with Crippen LogP contribution in [0, 0.1) is 17.2 Å². The van der Waals surface area contributed by atoms with Crippen LogP contribution in [0.3, 0.4) is 0 Å². The highest BCUT2D eigenvalue weighted by Crippen LogP contribution is 2.36. The molecule has 1 saturated carbocycles. The number of rotatable bonds is 5. The molecule has 3 aromatic rings. The number of benzene rings is 2. The first-order valence-corrected chi connectivity index (χ1v) is 10.7. The van der Waals surface area contributed by atoms with E-state index < -0.39 is 5.97 Å². The number of aliphatic carboxylic acids is 1. The van der Waals surface area contributed by atoms with Gasteiger partial charge in [0.15, 0.2) is 11.5 Å². The summed E-state index contributed by atoms with van der Waals surface area (Å²) in [5.74, 6) is 1.96. The number of anilines is 1. The third-order valence-corrected chi connectivity index (χ3v) is 6.18. The lowest BCUT2D eigenvalue weighted by atomic mass is 9.81. The van der Waals surface area contributed by atoms with Gasteiger partial charge in [0.1, 0.15) is 11.6 Å². The highest BCUT2D eigenvalue weighted by molar-refractivity contribution is 5.90. The zero-order valence-corrected chi connectivity index (χ0v) is 17.4. The van der Waals surface area contributed by atoms with Crippen LogP contribution in [0.4, 0.5) is 5.82 Å². The van der Waals surface area contributed by atoms with Crippen molar-refractivity contribution in [3.63, 3.8) is 0 Å². The van der Waals surface area contributed by atoms with E-state index in [2.05, 4.69) is 11.4 Å². The molecule has 32 heavy (non-hydrogen) atoms. The van der Waals surface area contributed by atoms with E-state index in [0.717, 1.165) is 46.6 Å². The van der Waals surface area contributed by atoms with E-state index in [0.29, 0.717) is 30.8 Å². The van der Waals surface area contributed by atoms with Gasteiger partial charge in [0.05, 0.1) is 23.1 Å². The summed E-state index contributed by atoms with van der Waals surface area (Å²) in [6, 6.07) is 13.4. The first kappa shape index (κ1) is 20.1. The first-order valence-electron chi connectivity index (χ1n) is 10.7. The Balaban J connectivity index is 1.44. The summed E-state index contributed by atoms with van der Waals surface area (Å²) in [4.78, 5) is 20.9. The number of carboxylic acids is 1. The maximum Gasteiger partial charge on any atom is 0.306 e. The molecule has 5 rings (SSSR count). The van der Waals surface area contributed by atoms with Crippen molar-refractivity contribution in [1.29, 1.82) is 5.26 Å². The Labute approximate surface area is 184 Å². The second-order valence-electron chi connectivity index (χ2n) is 8.20. The van der Waals surface area contributed by atoms with Crippen LogP contribution >= 0.6 is 0 Å². The molecule has 0 amide bonds. The van der Waals surface area contributed by atoms with Crippen molar-refractivity contribution in [2.45, 2.75) is 38.1 Å². The van der Waals surface area contributed by atoms with Crippen LogP contribution in [0.5, 0.6) is 11.5 Å². The molecule has 0 unspecified atom stereocenters. The second-order valence-corrected chi connectivity index (χ2v) is 8.20. The first-order chi connectivity index (χ1) is 15.6. The largest absolute Gasteiger partial charge is 0.481 e. The van der Waals surface area contributed by atoms with E-state index in [1.807, 2.05) is 24.3 Å². The van der Waals surface area contributed by atoms with Crippen LogP contribution in [0.15, 0.2) is 36.4 Å². The van der Waals surface area contributed by atoms with Crippen LogP contribution in [0.1, 0.15) is 48.6 Å². The molecule has 0 spiro atoms. The number of aromatic nitrogens is 2. The van der Waals surface area contributed by atoms with Gasteiger partial charge in [-0.15, -0.1) is 0 Å². The third-order valence-electron chi connectivity index (χ3n) is 6.18. The van der Waals surface area contributed by atoms with E-state index in [1.165, 1.54) is 0 Å².